The van der Waals surface area contributed by atoms with Crippen molar-refractivity contribution in [3.63, 3.8) is 0 Å². The first-order chi connectivity index (χ1) is 13.0. The minimum absolute atomic E-state index is 0.0124. The SMILES string of the molecule is Cc1onc(-c2c(Cl)cccc2Cl)c1C(=O)NC(C)CCc1ccccc1. The molecule has 2 aromatic carbocycles. The van der Waals surface area contributed by atoms with E-state index in [1.54, 1.807) is 25.1 Å². The lowest BCUT2D eigenvalue weighted by Crippen LogP contribution is -2.33. The smallest absolute Gasteiger partial charge is 0.257 e. The Balaban J connectivity index is 1.76. The van der Waals surface area contributed by atoms with E-state index in [-0.39, 0.29) is 11.9 Å². The van der Waals surface area contributed by atoms with E-state index in [4.69, 9.17) is 27.7 Å². The highest BCUT2D eigenvalue weighted by Crippen LogP contribution is 2.36. The van der Waals surface area contributed by atoms with Crippen molar-refractivity contribution >= 4 is 29.1 Å². The second kappa shape index (κ2) is 8.59. The molecule has 1 atom stereocenters. The van der Waals surface area contributed by atoms with Crippen LogP contribution in [0.3, 0.4) is 0 Å². The summed E-state index contributed by atoms with van der Waals surface area (Å²) in [6, 6.07) is 15.3. The molecule has 3 aromatic rings. The van der Waals surface area contributed by atoms with Gasteiger partial charge < -0.3 is 9.84 Å². The maximum Gasteiger partial charge on any atom is 0.257 e. The number of halogens is 2. The van der Waals surface area contributed by atoms with Crippen molar-refractivity contribution in [2.75, 3.05) is 0 Å². The number of nitrogens with one attached hydrogen (secondary N) is 1. The Morgan fingerprint density at radius 1 is 1.11 bits per heavy atom. The quantitative estimate of drug-likeness (QED) is 0.574. The largest absolute Gasteiger partial charge is 0.360 e. The summed E-state index contributed by atoms with van der Waals surface area (Å²) in [4.78, 5) is 12.9. The fourth-order valence-electron chi connectivity index (χ4n) is 2.93. The number of benzene rings is 2. The highest BCUT2D eigenvalue weighted by Gasteiger charge is 2.25. The summed E-state index contributed by atoms with van der Waals surface area (Å²) in [6.45, 7) is 3.68. The molecule has 4 nitrogen and oxygen atoms in total. The third kappa shape index (κ3) is 4.52. The lowest BCUT2D eigenvalue weighted by Gasteiger charge is -2.14. The van der Waals surface area contributed by atoms with Crippen LogP contribution < -0.4 is 5.32 Å². The molecule has 3 rings (SSSR count). The highest BCUT2D eigenvalue weighted by molar-refractivity contribution is 6.39. The predicted molar refractivity (Wildman–Crippen MR) is 108 cm³/mol. The summed E-state index contributed by atoms with van der Waals surface area (Å²) in [5, 5.41) is 7.88. The second-order valence-electron chi connectivity index (χ2n) is 6.46. The van der Waals surface area contributed by atoms with Crippen molar-refractivity contribution in [1.29, 1.82) is 0 Å². The van der Waals surface area contributed by atoms with Gasteiger partial charge in [-0.3, -0.25) is 4.79 Å². The summed E-state index contributed by atoms with van der Waals surface area (Å²) in [5.41, 5.74) is 2.45. The summed E-state index contributed by atoms with van der Waals surface area (Å²) in [5.74, 6) is 0.175. The molecule has 0 bridgehead atoms. The number of nitrogens with zero attached hydrogens (tertiary/aromatic N) is 1. The Morgan fingerprint density at radius 2 is 1.78 bits per heavy atom. The molecule has 0 fully saturated rings. The van der Waals surface area contributed by atoms with Crippen LogP contribution in [-0.4, -0.2) is 17.1 Å². The number of rotatable bonds is 6. The zero-order valence-corrected chi connectivity index (χ0v) is 16.6. The molecule has 6 heteroatoms. The Hall–Kier alpha value is -2.30. The summed E-state index contributed by atoms with van der Waals surface area (Å²) < 4.78 is 5.26. The van der Waals surface area contributed by atoms with Gasteiger partial charge in [0.1, 0.15) is 17.0 Å². The molecule has 27 heavy (non-hydrogen) atoms. The maximum atomic E-state index is 12.9. The normalized spacial score (nSPS) is 12.0. The van der Waals surface area contributed by atoms with Gasteiger partial charge in [0, 0.05) is 11.6 Å². The van der Waals surface area contributed by atoms with E-state index < -0.39 is 0 Å². The van der Waals surface area contributed by atoms with E-state index in [2.05, 4.69) is 22.6 Å². The van der Waals surface area contributed by atoms with Gasteiger partial charge in [0.05, 0.1) is 10.0 Å². The summed E-state index contributed by atoms with van der Waals surface area (Å²) >= 11 is 12.6. The molecular formula is C21H20Cl2N2O2. The zero-order chi connectivity index (χ0) is 19.4. The van der Waals surface area contributed by atoms with Crippen molar-refractivity contribution in [3.8, 4) is 11.3 Å². The Morgan fingerprint density at radius 3 is 2.44 bits per heavy atom. The number of hydrogen-bond donors (Lipinski definition) is 1. The van der Waals surface area contributed by atoms with Crippen molar-refractivity contribution in [1.82, 2.24) is 10.5 Å². The average Bonchev–Trinajstić information content (AvgIpc) is 3.02. The Kier molecular flexibility index (Phi) is 6.19. The fourth-order valence-corrected chi connectivity index (χ4v) is 3.51. The van der Waals surface area contributed by atoms with Crippen LogP contribution in [0.15, 0.2) is 53.1 Å². The van der Waals surface area contributed by atoms with Crippen molar-refractivity contribution in [2.24, 2.45) is 0 Å². The third-order valence-electron chi connectivity index (χ3n) is 4.38. The van der Waals surface area contributed by atoms with Crippen molar-refractivity contribution in [2.45, 2.75) is 32.7 Å². The monoisotopic (exact) mass is 402 g/mol. The van der Waals surface area contributed by atoms with Crippen LogP contribution in [0.1, 0.15) is 35.0 Å². The number of aryl methyl sites for hydroxylation is 2. The molecule has 1 heterocycles. The molecule has 1 N–H and O–H groups in total. The van der Waals surface area contributed by atoms with Gasteiger partial charge in [-0.05, 0) is 44.4 Å². The lowest BCUT2D eigenvalue weighted by molar-refractivity contribution is 0.0937. The topological polar surface area (TPSA) is 55.1 Å². The summed E-state index contributed by atoms with van der Waals surface area (Å²) in [7, 11) is 0. The molecule has 0 aliphatic heterocycles. The van der Waals surface area contributed by atoms with E-state index in [0.717, 1.165) is 12.8 Å². The minimum Gasteiger partial charge on any atom is -0.360 e. The van der Waals surface area contributed by atoms with Gasteiger partial charge >= 0.3 is 0 Å². The molecular weight excluding hydrogens is 383 g/mol. The first-order valence-electron chi connectivity index (χ1n) is 8.72. The predicted octanol–water partition coefficient (Wildman–Crippen LogP) is 5.71. The molecule has 0 aliphatic rings. The van der Waals surface area contributed by atoms with Crippen LogP contribution in [0.4, 0.5) is 0 Å². The van der Waals surface area contributed by atoms with Gasteiger partial charge in [0.15, 0.2) is 0 Å². The van der Waals surface area contributed by atoms with Gasteiger partial charge in [-0.1, -0.05) is 64.8 Å². The van der Waals surface area contributed by atoms with Gasteiger partial charge in [-0.15, -0.1) is 0 Å². The number of carbonyl (C=O) groups excluding carboxylic acids is 1. The molecule has 0 saturated carbocycles. The average molecular weight is 403 g/mol. The molecule has 1 unspecified atom stereocenters. The first-order valence-corrected chi connectivity index (χ1v) is 9.48. The van der Waals surface area contributed by atoms with Crippen molar-refractivity contribution < 1.29 is 9.32 Å². The second-order valence-corrected chi connectivity index (χ2v) is 7.27. The van der Waals surface area contributed by atoms with E-state index >= 15 is 0 Å². The van der Waals surface area contributed by atoms with Gasteiger partial charge in [-0.2, -0.15) is 0 Å². The molecule has 0 aliphatic carbocycles. The molecule has 0 spiro atoms. The lowest BCUT2D eigenvalue weighted by atomic mass is 10.0. The van der Waals surface area contributed by atoms with Gasteiger partial charge in [0.2, 0.25) is 0 Å². The molecule has 1 amide bonds. The van der Waals surface area contributed by atoms with Crippen LogP contribution >= 0.6 is 23.2 Å². The number of aromatic nitrogens is 1. The van der Waals surface area contributed by atoms with Crippen molar-refractivity contribution in [3.05, 3.63) is 75.5 Å². The van der Waals surface area contributed by atoms with Crippen LogP contribution in [-0.2, 0) is 6.42 Å². The minimum atomic E-state index is -0.250. The third-order valence-corrected chi connectivity index (χ3v) is 5.01. The molecule has 140 valence electrons. The first kappa shape index (κ1) is 19.5. The van der Waals surface area contributed by atoms with E-state index in [0.29, 0.717) is 32.6 Å². The number of carbonyl (C=O) groups is 1. The number of hydrogen-bond acceptors (Lipinski definition) is 3. The highest BCUT2D eigenvalue weighted by atomic mass is 35.5. The molecule has 0 saturated heterocycles. The van der Waals surface area contributed by atoms with Crippen LogP contribution in [0.5, 0.6) is 0 Å². The summed E-state index contributed by atoms with van der Waals surface area (Å²) in [6.07, 6.45) is 1.70. The fraction of sp³-hybridized carbons (Fsp3) is 0.238. The standard InChI is InChI=1S/C21H20Cl2N2O2/c1-13(11-12-15-7-4-3-5-8-15)24-21(26)18-14(2)27-25-20(18)19-16(22)9-6-10-17(19)23/h3-10,13H,11-12H2,1-2H3,(H,24,26). The van der Waals surface area contributed by atoms with E-state index in [9.17, 15) is 4.79 Å². The Bertz CT molecular complexity index is 918. The van der Waals surface area contributed by atoms with Crippen LogP contribution in [0.25, 0.3) is 11.3 Å². The molecule has 0 radical (unpaired) electrons. The van der Waals surface area contributed by atoms with Crippen LogP contribution in [0.2, 0.25) is 10.0 Å². The van der Waals surface area contributed by atoms with E-state index in [1.165, 1.54) is 5.56 Å². The van der Waals surface area contributed by atoms with E-state index in [1.807, 2.05) is 25.1 Å². The number of amides is 1. The Labute approximate surface area is 168 Å². The van der Waals surface area contributed by atoms with Gasteiger partial charge in [0.25, 0.3) is 5.91 Å². The zero-order valence-electron chi connectivity index (χ0n) is 15.1. The maximum absolute atomic E-state index is 12.9. The van der Waals surface area contributed by atoms with Gasteiger partial charge in [-0.25, -0.2) is 0 Å². The molecule has 1 aromatic heterocycles. The van der Waals surface area contributed by atoms with Crippen LogP contribution in [0, 0.1) is 6.92 Å².